The van der Waals surface area contributed by atoms with Gasteiger partial charge in [-0.05, 0) is 31.5 Å². The van der Waals surface area contributed by atoms with Gasteiger partial charge in [-0.2, -0.15) is 0 Å². The molecule has 0 heterocycles. The summed E-state index contributed by atoms with van der Waals surface area (Å²) in [6.45, 7) is 3.55. The molecular formula is C16H14F2O3S. The van der Waals surface area contributed by atoms with Crippen molar-refractivity contribution in [3.63, 3.8) is 0 Å². The number of hydrogen-bond donors (Lipinski definition) is 0. The summed E-state index contributed by atoms with van der Waals surface area (Å²) >= 11 is 0. The Morgan fingerprint density at radius 1 is 1.05 bits per heavy atom. The van der Waals surface area contributed by atoms with Crippen LogP contribution in [0.15, 0.2) is 41.3 Å². The summed E-state index contributed by atoms with van der Waals surface area (Å²) in [6, 6.07) is 7.16. The lowest BCUT2D eigenvalue weighted by atomic mass is 10.0. The summed E-state index contributed by atoms with van der Waals surface area (Å²) < 4.78 is 50.7. The van der Waals surface area contributed by atoms with Crippen molar-refractivity contribution in [1.29, 1.82) is 0 Å². The minimum atomic E-state index is -4.17. The SMILES string of the molecule is Cc1ccc(C(=O)CS(=O)(=O)c2ccc(F)cc2F)c(C)c1. The molecule has 0 radical (unpaired) electrons. The second kappa shape index (κ2) is 5.96. The molecule has 0 saturated heterocycles. The van der Waals surface area contributed by atoms with Crippen LogP contribution in [0.4, 0.5) is 8.78 Å². The summed E-state index contributed by atoms with van der Waals surface area (Å²) in [5, 5.41) is 0. The van der Waals surface area contributed by atoms with Crippen molar-refractivity contribution < 1.29 is 22.0 Å². The third-order valence-corrected chi connectivity index (χ3v) is 4.88. The van der Waals surface area contributed by atoms with Gasteiger partial charge in [0.2, 0.25) is 0 Å². The van der Waals surface area contributed by atoms with Crippen LogP contribution in [0.1, 0.15) is 21.5 Å². The van der Waals surface area contributed by atoms with E-state index in [9.17, 15) is 22.0 Å². The normalized spacial score (nSPS) is 11.5. The molecule has 0 fully saturated rings. The van der Waals surface area contributed by atoms with Gasteiger partial charge in [-0.3, -0.25) is 4.79 Å². The number of aryl methyl sites for hydroxylation is 2. The molecule has 0 atom stereocenters. The largest absolute Gasteiger partial charge is 0.293 e. The molecule has 2 aromatic rings. The molecule has 3 nitrogen and oxygen atoms in total. The zero-order chi connectivity index (χ0) is 16.5. The summed E-state index contributed by atoms with van der Waals surface area (Å²) in [7, 11) is -4.17. The van der Waals surface area contributed by atoms with E-state index in [4.69, 9.17) is 0 Å². The van der Waals surface area contributed by atoms with Crippen molar-refractivity contribution in [3.8, 4) is 0 Å². The van der Waals surface area contributed by atoms with Crippen molar-refractivity contribution in [2.24, 2.45) is 0 Å². The van der Waals surface area contributed by atoms with Gasteiger partial charge in [0.1, 0.15) is 22.3 Å². The maximum atomic E-state index is 13.6. The Bertz CT molecular complexity index is 842. The minimum absolute atomic E-state index is 0.275. The zero-order valence-corrected chi connectivity index (χ0v) is 12.9. The third-order valence-electron chi connectivity index (χ3n) is 3.23. The van der Waals surface area contributed by atoms with Crippen molar-refractivity contribution in [3.05, 3.63) is 64.7 Å². The van der Waals surface area contributed by atoms with Crippen LogP contribution in [0, 0.1) is 25.5 Å². The lowest BCUT2D eigenvalue weighted by molar-refractivity contribution is 0.102. The van der Waals surface area contributed by atoms with Gasteiger partial charge in [0.15, 0.2) is 15.6 Å². The van der Waals surface area contributed by atoms with E-state index >= 15 is 0 Å². The van der Waals surface area contributed by atoms with Gasteiger partial charge in [-0.25, -0.2) is 17.2 Å². The second-order valence-electron chi connectivity index (χ2n) is 5.08. The van der Waals surface area contributed by atoms with Crippen LogP contribution in [0.25, 0.3) is 0 Å². The van der Waals surface area contributed by atoms with Crippen LogP contribution in [-0.4, -0.2) is 20.0 Å². The first-order valence-corrected chi connectivity index (χ1v) is 8.14. The summed E-state index contributed by atoms with van der Waals surface area (Å²) in [5.41, 5.74) is 1.87. The maximum absolute atomic E-state index is 13.6. The molecule has 6 heteroatoms. The molecule has 22 heavy (non-hydrogen) atoms. The van der Waals surface area contributed by atoms with E-state index in [2.05, 4.69) is 0 Å². The molecular weight excluding hydrogens is 310 g/mol. The van der Waals surface area contributed by atoms with Gasteiger partial charge in [0.05, 0.1) is 0 Å². The predicted octanol–water partition coefficient (Wildman–Crippen LogP) is 3.24. The maximum Gasteiger partial charge on any atom is 0.188 e. The highest BCUT2D eigenvalue weighted by atomic mass is 32.2. The second-order valence-corrected chi connectivity index (χ2v) is 7.03. The standard InChI is InChI=1S/C16H14F2O3S/c1-10-3-5-13(11(2)7-10)15(19)9-22(20,21)16-6-4-12(17)8-14(16)18/h3-8H,9H2,1-2H3. The fourth-order valence-electron chi connectivity index (χ4n) is 2.18. The number of halogens is 2. The number of rotatable bonds is 4. The average molecular weight is 324 g/mol. The molecule has 0 N–H and O–H groups in total. The first-order chi connectivity index (χ1) is 10.2. The predicted molar refractivity (Wildman–Crippen MR) is 78.7 cm³/mol. The highest BCUT2D eigenvalue weighted by Gasteiger charge is 2.24. The quantitative estimate of drug-likeness (QED) is 0.641. The van der Waals surface area contributed by atoms with Crippen molar-refractivity contribution in [2.75, 3.05) is 5.75 Å². The van der Waals surface area contributed by atoms with Crippen molar-refractivity contribution >= 4 is 15.6 Å². The minimum Gasteiger partial charge on any atom is -0.293 e. The first kappa shape index (κ1) is 16.3. The van der Waals surface area contributed by atoms with Crippen LogP contribution in [0.3, 0.4) is 0 Å². The first-order valence-electron chi connectivity index (χ1n) is 6.49. The van der Waals surface area contributed by atoms with Crippen LogP contribution in [0.5, 0.6) is 0 Å². The number of Topliss-reactive ketones (excluding diaryl/α,β-unsaturated/α-hetero) is 1. The Morgan fingerprint density at radius 2 is 1.73 bits per heavy atom. The molecule has 0 aliphatic rings. The molecule has 0 saturated carbocycles. The number of hydrogen-bond acceptors (Lipinski definition) is 3. The van der Waals surface area contributed by atoms with Gasteiger partial charge < -0.3 is 0 Å². The number of benzene rings is 2. The number of carbonyl (C=O) groups is 1. The molecule has 116 valence electrons. The Kier molecular flexibility index (Phi) is 4.42. The Labute approximate surface area is 127 Å². The third kappa shape index (κ3) is 3.39. The van der Waals surface area contributed by atoms with Gasteiger partial charge in [-0.15, -0.1) is 0 Å². The van der Waals surface area contributed by atoms with E-state index in [0.717, 1.165) is 17.7 Å². The van der Waals surface area contributed by atoms with E-state index in [1.807, 2.05) is 6.92 Å². The highest BCUT2D eigenvalue weighted by Crippen LogP contribution is 2.19. The van der Waals surface area contributed by atoms with E-state index in [-0.39, 0.29) is 5.56 Å². The summed E-state index contributed by atoms with van der Waals surface area (Å²) in [5.74, 6) is -3.56. The van der Waals surface area contributed by atoms with Crippen LogP contribution < -0.4 is 0 Å². The highest BCUT2D eigenvalue weighted by molar-refractivity contribution is 7.92. The molecule has 0 amide bonds. The molecule has 0 aromatic heterocycles. The molecule has 0 aliphatic carbocycles. The molecule has 0 bridgehead atoms. The van der Waals surface area contributed by atoms with E-state index in [1.165, 1.54) is 0 Å². The molecule has 2 aromatic carbocycles. The van der Waals surface area contributed by atoms with Crippen molar-refractivity contribution in [2.45, 2.75) is 18.7 Å². The van der Waals surface area contributed by atoms with Gasteiger partial charge >= 0.3 is 0 Å². The Balaban J connectivity index is 2.34. The monoisotopic (exact) mass is 324 g/mol. The lowest BCUT2D eigenvalue weighted by Crippen LogP contribution is -2.18. The summed E-state index contributed by atoms with van der Waals surface area (Å²) in [4.78, 5) is 11.5. The molecule has 0 spiro atoms. The zero-order valence-electron chi connectivity index (χ0n) is 12.1. The Morgan fingerprint density at radius 3 is 2.32 bits per heavy atom. The van der Waals surface area contributed by atoms with Crippen LogP contribution in [-0.2, 0) is 9.84 Å². The van der Waals surface area contributed by atoms with Crippen LogP contribution >= 0.6 is 0 Å². The van der Waals surface area contributed by atoms with Gasteiger partial charge in [0, 0.05) is 11.6 Å². The molecule has 0 aliphatic heterocycles. The van der Waals surface area contributed by atoms with E-state index in [1.54, 1.807) is 25.1 Å². The van der Waals surface area contributed by atoms with Crippen LogP contribution in [0.2, 0.25) is 0 Å². The van der Waals surface area contributed by atoms with E-state index < -0.39 is 37.9 Å². The number of ketones is 1. The van der Waals surface area contributed by atoms with Gasteiger partial charge in [0.25, 0.3) is 0 Å². The Hall–Kier alpha value is -2.08. The topological polar surface area (TPSA) is 51.2 Å². The van der Waals surface area contributed by atoms with Crippen molar-refractivity contribution in [1.82, 2.24) is 0 Å². The average Bonchev–Trinajstić information content (AvgIpc) is 2.37. The fourth-order valence-corrected chi connectivity index (χ4v) is 3.47. The summed E-state index contributed by atoms with van der Waals surface area (Å²) in [6.07, 6.45) is 0. The van der Waals surface area contributed by atoms with E-state index in [0.29, 0.717) is 11.6 Å². The number of sulfone groups is 1. The van der Waals surface area contributed by atoms with Gasteiger partial charge in [-0.1, -0.05) is 23.8 Å². The smallest absolute Gasteiger partial charge is 0.188 e. The molecule has 0 unspecified atom stereocenters. The number of carbonyl (C=O) groups excluding carboxylic acids is 1. The molecule has 2 rings (SSSR count). The fraction of sp³-hybridized carbons (Fsp3) is 0.188. The lowest BCUT2D eigenvalue weighted by Gasteiger charge is -2.08.